The van der Waals surface area contributed by atoms with Crippen molar-refractivity contribution >= 4 is 21.6 Å². The number of piperidine rings is 1. The van der Waals surface area contributed by atoms with Crippen molar-refractivity contribution in [2.75, 3.05) is 18.4 Å². The van der Waals surface area contributed by atoms with Gasteiger partial charge in [0.25, 0.3) is 5.91 Å². The third kappa shape index (κ3) is 5.40. The minimum Gasteiger partial charge on any atom is -0.481 e. The van der Waals surface area contributed by atoms with Gasteiger partial charge in [-0.25, -0.2) is 8.42 Å². The molecule has 30 heavy (non-hydrogen) atoms. The van der Waals surface area contributed by atoms with E-state index < -0.39 is 16.1 Å². The van der Waals surface area contributed by atoms with Crippen LogP contribution in [0, 0.1) is 0 Å². The van der Waals surface area contributed by atoms with Gasteiger partial charge < -0.3 is 10.1 Å². The summed E-state index contributed by atoms with van der Waals surface area (Å²) < 4.78 is 32.7. The molecule has 0 aromatic heterocycles. The number of ether oxygens (including phenoxy) is 1. The fraction of sp³-hybridized carbons (Fsp3) is 0.435. The van der Waals surface area contributed by atoms with E-state index in [4.69, 9.17) is 4.74 Å². The van der Waals surface area contributed by atoms with Gasteiger partial charge in [0, 0.05) is 18.8 Å². The van der Waals surface area contributed by atoms with E-state index in [1.54, 1.807) is 19.1 Å². The van der Waals surface area contributed by atoms with Gasteiger partial charge in [-0.1, -0.05) is 32.4 Å². The minimum atomic E-state index is -3.48. The topological polar surface area (TPSA) is 75.7 Å². The van der Waals surface area contributed by atoms with Gasteiger partial charge in [-0.05, 0) is 67.6 Å². The van der Waals surface area contributed by atoms with E-state index in [0.717, 1.165) is 19.3 Å². The molecule has 0 spiro atoms. The summed E-state index contributed by atoms with van der Waals surface area (Å²) in [5, 5.41) is 2.78. The van der Waals surface area contributed by atoms with Gasteiger partial charge >= 0.3 is 0 Å². The maximum absolute atomic E-state index is 12.7. The Morgan fingerprint density at radius 3 is 2.10 bits per heavy atom. The Morgan fingerprint density at radius 2 is 1.53 bits per heavy atom. The van der Waals surface area contributed by atoms with Crippen LogP contribution < -0.4 is 10.1 Å². The SMILES string of the molecule is CC(Oc1ccc(C(C)C)cc1)C(=O)Nc1ccc(S(=O)(=O)N2CCCCC2)cc1. The van der Waals surface area contributed by atoms with E-state index in [-0.39, 0.29) is 10.8 Å². The van der Waals surface area contributed by atoms with E-state index in [2.05, 4.69) is 19.2 Å². The molecule has 0 bridgehead atoms. The first-order chi connectivity index (χ1) is 14.3. The van der Waals surface area contributed by atoms with Gasteiger partial charge in [0.05, 0.1) is 4.90 Å². The molecule has 1 aliphatic rings. The van der Waals surface area contributed by atoms with Crippen LogP contribution in [0.1, 0.15) is 51.5 Å². The second-order valence-electron chi connectivity index (χ2n) is 7.96. The Morgan fingerprint density at radius 1 is 0.933 bits per heavy atom. The molecule has 1 atom stereocenters. The van der Waals surface area contributed by atoms with Gasteiger partial charge in [0.2, 0.25) is 10.0 Å². The quantitative estimate of drug-likeness (QED) is 0.707. The minimum absolute atomic E-state index is 0.247. The number of sulfonamides is 1. The number of carbonyl (C=O) groups is 1. The van der Waals surface area contributed by atoms with Crippen molar-refractivity contribution in [1.82, 2.24) is 4.31 Å². The third-order valence-electron chi connectivity index (χ3n) is 5.30. The monoisotopic (exact) mass is 430 g/mol. The zero-order chi connectivity index (χ0) is 21.7. The molecule has 1 unspecified atom stereocenters. The number of hydrogen-bond acceptors (Lipinski definition) is 4. The highest BCUT2D eigenvalue weighted by Crippen LogP contribution is 2.23. The van der Waals surface area contributed by atoms with Crippen molar-refractivity contribution in [3.05, 3.63) is 54.1 Å². The number of hydrogen-bond donors (Lipinski definition) is 1. The molecule has 0 radical (unpaired) electrons. The lowest BCUT2D eigenvalue weighted by atomic mass is 10.0. The van der Waals surface area contributed by atoms with Crippen LogP contribution >= 0.6 is 0 Å². The fourth-order valence-corrected chi connectivity index (χ4v) is 4.91. The maximum Gasteiger partial charge on any atom is 0.265 e. The molecule has 0 aliphatic carbocycles. The van der Waals surface area contributed by atoms with Crippen molar-refractivity contribution in [3.63, 3.8) is 0 Å². The first kappa shape index (κ1) is 22.3. The Labute approximate surface area is 179 Å². The van der Waals surface area contributed by atoms with Crippen LogP contribution in [-0.2, 0) is 14.8 Å². The standard InChI is InChI=1S/C23H30N2O4S/c1-17(2)19-7-11-21(12-8-19)29-18(3)23(26)24-20-9-13-22(14-10-20)30(27,28)25-15-5-4-6-16-25/h7-14,17-18H,4-6,15-16H2,1-3H3,(H,24,26). The second-order valence-corrected chi connectivity index (χ2v) is 9.90. The van der Waals surface area contributed by atoms with Crippen molar-refractivity contribution < 1.29 is 17.9 Å². The number of benzene rings is 2. The first-order valence-corrected chi connectivity index (χ1v) is 11.9. The molecule has 1 fully saturated rings. The lowest BCUT2D eigenvalue weighted by Gasteiger charge is -2.25. The number of nitrogens with zero attached hydrogens (tertiary/aromatic N) is 1. The summed E-state index contributed by atoms with van der Waals surface area (Å²) in [4.78, 5) is 12.7. The molecule has 2 aromatic carbocycles. The van der Waals surface area contributed by atoms with Gasteiger partial charge in [0.15, 0.2) is 6.10 Å². The average molecular weight is 431 g/mol. The molecule has 1 saturated heterocycles. The van der Waals surface area contributed by atoms with Gasteiger partial charge in [-0.2, -0.15) is 4.31 Å². The van der Waals surface area contributed by atoms with E-state index in [9.17, 15) is 13.2 Å². The molecule has 3 rings (SSSR count). The predicted molar refractivity (Wildman–Crippen MR) is 118 cm³/mol. The molecule has 1 N–H and O–H groups in total. The second kappa shape index (κ2) is 9.62. The molecule has 7 heteroatoms. The van der Waals surface area contributed by atoms with Crippen LogP contribution in [0.2, 0.25) is 0 Å². The van der Waals surface area contributed by atoms with Crippen molar-refractivity contribution in [2.24, 2.45) is 0 Å². The Balaban J connectivity index is 1.59. The van der Waals surface area contributed by atoms with Crippen LogP contribution in [0.5, 0.6) is 5.75 Å². The van der Waals surface area contributed by atoms with Crippen molar-refractivity contribution in [1.29, 1.82) is 0 Å². The Kier molecular flexibility index (Phi) is 7.15. The number of nitrogens with one attached hydrogen (secondary N) is 1. The summed E-state index contributed by atoms with van der Waals surface area (Å²) in [6.45, 7) is 7.05. The average Bonchev–Trinajstić information content (AvgIpc) is 2.75. The predicted octanol–water partition coefficient (Wildman–Crippen LogP) is 4.39. The Hall–Kier alpha value is -2.38. The highest BCUT2D eigenvalue weighted by atomic mass is 32.2. The highest BCUT2D eigenvalue weighted by molar-refractivity contribution is 7.89. The molecule has 1 amide bonds. The van der Waals surface area contributed by atoms with Crippen LogP contribution in [0.15, 0.2) is 53.4 Å². The van der Waals surface area contributed by atoms with Gasteiger partial charge in [-0.15, -0.1) is 0 Å². The third-order valence-corrected chi connectivity index (χ3v) is 7.22. The normalized spacial score (nSPS) is 16.3. The first-order valence-electron chi connectivity index (χ1n) is 10.4. The summed E-state index contributed by atoms with van der Waals surface area (Å²) >= 11 is 0. The summed E-state index contributed by atoms with van der Waals surface area (Å²) in [6, 6.07) is 14.0. The van der Waals surface area contributed by atoms with Crippen LogP contribution in [-0.4, -0.2) is 37.8 Å². The number of anilines is 1. The van der Waals surface area contributed by atoms with Gasteiger partial charge in [0.1, 0.15) is 5.75 Å². The number of rotatable bonds is 7. The number of carbonyl (C=O) groups excluding carboxylic acids is 1. The van der Waals surface area contributed by atoms with E-state index in [1.165, 1.54) is 22.0 Å². The maximum atomic E-state index is 12.7. The highest BCUT2D eigenvalue weighted by Gasteiger charge is 2.25. The largest absolute Gasteiger partial charge is 0.481 e. The summed E-state index contributed by atoms with van der Waals surface area (Å²) in [7, 11) is -3.48. The van der Waals surface area contributed by atoms with Crippen molar-refractivity contribution in [2.45, 2.75) is 57.0 Å². The molecular weight excluding hydrogens is 400 g/mol. The van der Waals surface area contributed by atoms with Crippen LogP contribution in [0.25, 0.3) is 0 Å². The zero-order valence-electron chi connectivity index (χ0n) is 17.8. The van der Waals surface area contributed by atoms with E-state index in [1.807, 2.05) is 24.3 Å². The number of amides is 1. The van der Waals surface area contributed by atoms with Gasteiger partial charge in [-0.3, -0.25) is 4.79 Å². The van der Waals surface area contributed by atoms with Crippen LogP contribution in [0.4, 0.5) is 5.69 Å². The molecule has 6 nitrogen and oxygen atoms in total. The molecule has 0 saturated carbocycles. The molecular formula is C23H30N2O4S. The van der Waals surface area contributed by atoms with E-state index in [0.29, 0.717) is 30.4 Å². The summed E-state index contributed by atoms with van der Waals surface area (Å²) in [6.07, 6.45) is 2.17. The zero-order valence-corrected chi connectivity index (χ0v) is 18.6. The lowest BCUT2D eigenvalue weighted by molar-refractivity contribution is -0.122. The van der Waals surface area contributed by atoms with Crippen LogP contribution in [0.3, 0.4) is 0 Å². The molecule has 162 valence electrons. The molecule has 2 aromatic rings. The molecule has 1 heterocycles. The molecule has 1 aliphatic heterocycles. The summed E-state index contributed by atoms with van der Waals surface area (Å²) in [5.74, 6) is 0.765. The Bertz CT molecular complexity index is 948. The summed E-state index contributed by atoms with van der Waals surface area (Å²) in [5.41, 5.74) is 1.74. The smallest absolute Gasteiger partial charge is 0.265 e. The fourth-order valence-electron chi connectivity index (χ4n) is 3.40. The van der Waals surface area contributed by atoms with E-state index >= 15 is 0 Å². The lowest BCUT2D eigenvalue weighted by Crippen LogP contribution is -2.35. The van der Waals surface area contributed by atoms with Crippen molar-refractivity contribution in [3.8, 4) is 5.75 Å².